The largest absolute Gasteiger partial charge is 0.456 e. The summed E-state index contributed by atoms with van der Waals surface area (Å²) in [6.07, 6.45) is 0.678. The fraction of sp³-hybridized carbons (Fsp3) is 0.364. The van der Waals surface area contributed by atoms with Gasteiger partial charge in [0.05, 0.1) is 5.69 Å². The van der Waals surface area contributed by atoms with Crippen molar-refractivity contribution in [1.82, 2.24) is 19.5 Å². The second-order valence-corrected chi connectivity index (χ2v) is 7.21. The Hall–Kier alpha value is -3.22. The average Bonchev–Trinajstić information content (AvgIpc) is 3.07. The number of hydrogen-bond acceptors (Lipinski definition) is 5. The smallest absolute Gasteiger partial charge is 0.306 e. The number of aryl methyl sites for hydroxylation is 3. The predicted octanol–water partition coefficient (Wildman–Crippen LogP) is 2.79. The van der Waals surface area contributed by atoms with E-state index in [4.69, 9.17) is 4.74 Å². The van der Waals surface area contributed by atoms with E-state index < -0.39 is 5.97 Å². The summed E-state index contributed by atoms with van der Waals surface area (Å²) >= 11 is 0. The maximum atomic E-state index is 12.2. The van der Waals surface area contributed by atoms with Crippen LogP contribution in [0.2, 0.25) is 0 Å². The van der Waals surface area contributed by atoms with Crippen LogP contribution in [0.3, 0.4) is 0 Å². The molecule has 1 amide bonds. The lowest BCUT2D eigenvalue weighted by Gasteiger charge is -2.17. The third-order valence-electron chi connectivity index (χ3n) is 4.91. The number of hydrogen-bond donors (Lipinski definition) is 0. The van der Waals surface area contributed by atoms with Crippen molar-refractivity contribution in [3.8, 4) is 0 Å². The zero-order chi connectivity index (χ0) is 21.0. The van der Waals surface area contributed by atoms with Crippen molar-refractivity contribution in [2.45, 2.75) is 40.2 Å². The van der Waals surface area contributed by atoms with E-state index in [1.807, 2.05) is 57.2 Å². The molecule has 0 spiro atoms. The molecule has 7 heteroatoms. The minimum Gasteiger partial charge on any atom is -0.456 e. The summed E-state index contributed by atoms with van der Waals surface area (Å²) < 4.78 is 6.98. The minimum absolute atomic E-state index is 0.185. The first kappa shape index (κ1) is 20.5. The molecule has 0 saturated heterocycles. The standard InChI is InChI=1S/C22H26N4O3/c1-15-12-20-23-16(2)19(17(3)26(20)24-15)10-11-22(28)29-14-21(27)25(4)13-18-8-6-5-7-9-18/h5-9,12H,10-11,13-14H2,1-4H3. The molecule has 0 aliphatic carbocycles. The normalized spacial score (nSPS) is 10.9. The number of aromatic nitrogens is 3. The number of likely N-dealkylation sites (N-methyl/N-ethyl adjacent to an activating group) is 1. The monoisotopic (exact) mass is 394 g/mol. The molecule has 2 heterocycles. The molecule has 7 nitrogen and oxygen atoms in total. The molecule has 1 aromatic carbocycles. The zero-order valence-corrected chi connectivity index (χ0v) is 17.3. The topological polar surface area (TPSA) is 76.8 Å². The number of rotatable bonds is 7. The third-order valence-corrected chi connectivity index (χ3v) is 4.91. The van der Waals surface area contributed by atoms with Crippen LogP contribution in [0.4, 0.5) is 0 Å². The van der Waals surface area contributed by atoms with Gasteiger partial charge in [-0.15, -0.1) is 0 Å². The van der Waals surface area contributed by atoms with Gasteiger partial charge in [0.2, 0.25) is 0 Å². The van der Waals surface area contributed by atoms with Crippen LogP contribution < -0.4 is 0 Å². The number of nitrogens with zero attached hydrogens (tertiary/aromatic N) is 4. The Morgan fingerprint density at radius 1 is 1.14 bits per heavy atom. The Morgan fingerprint density at radius 2 is 1.86 bits per heavy atom. The summed E-state index contributed by atoms with van der Waals surface area (Å²) in [5.41, 5.74) is 5.54. The fourth-order valence-electron chi connectivity index (χ4n) is 3.30. The molecule has 0 bridgehead atoms. The molecular formula is C22H26N4O3. The Kier molecular flexibility index (Phi) is 6.26. The van der Waals surface area contributed by atoms with Crippen molar-refractivity contribution < 1.29 is 14.3 Å². The Balaban J connectivity index is 1.52. The number of amides is 1. The predicted molar refractivity (Wildman–Crippen MR) is 109 cm³/mol. The molecule has 0 atom stereocenters. The maximum absolute atomic E-state index is 12.2. The Labute approximate surface area is 170 Å². The molecule has 0 aliphatic rings. The molecule has 0 unspecified atom stereocenters. The molecule has 3 aromatic rings. The van der Waals surface area contributed by atoms with Crippen molar-refractivity contribution in [1.29, 1.82) is 0 Å². The van der Waals surface area contributed by atoms with Crippen molar-refractivity contribution in [3.05, 3.63) is 64.6 Å². The van der Waals surface area contributed by atoms with Crippen LogP contribution >= 0.6 is 0 Å². The summed E-state index contributed by atoms with van der Waals surface area (Å²) in [7, 11) is 1.70. The highest BCUT2D eigenvalue weighted by Gasteiger charge is 2.15. The number of carbonyl (C=O) groups is 2. The van der Waals surface area contributed by atoms with Crippen molar-refractivity contribution in [3.63, 3.8) is 0 Å². The minimum atomic E-state index is -0.401. The van der Waals surface area contributed by atoms with Gasteiger partial charge in [0.15, 0.2) is 12.3 Å². The number of fused-ring (bicyclic) bond motifs is 1. The van der Waals surface area contributed by atoms with Crippen LogP contribution in [-0.2, 0) is 27.3 Å². The van der Waals surface area contributed by atoms with Crippen molar-refractivity contribution in [2.24, 2.45) is 0 Å². The van der Waals surface area contributed by atoms with Gasteiger partial charge in [0.1, 0.15) is 0 Å². The molecule has 152 valence electrons. The van der Waals surface area contributed by atoms with Gasteiger partial charge in [-0.25, -0.2) is 9.50 Å². The summed E-state index contributed by atoms with van der Waals surface area (Å²) in [4.78, 5) is 30.5. The lowest BCUT2D eigenvalue weighted by molar-refractivity contribution is -0.151. The summed E-state index contributed by atoms with van der Waals surface area (Å²) in [6, 6.07) is 11.6. The molecule has 0 N–H and O–H groups in total. The number of carbonyl (C=O) groups excluding carboxylic acids is 2. The van der Waals surface area contributed by atoms with E-state index in [1.165, 1.54) is 0 Å². The van der Waals surface area contributed by atoms with Crippen LogP contribution in [0, 0.1) is 20.8 Å². The average molecular weight is 394 g/mol. The Morgan fingerprint density at radius 3 is 2.59 bits per heavy atom. The van der Waals surface area contributed by atoms with Crippen molar-refractivity contribution in [2.75, 3.05) is 13.7 Å². The van der Waals surface area contributed by atoms with E-state index in [2.05, 4.69) is 10.1 Å². The zero-order valence-electron chi connectivity index (χ0n) is 17.3. The van der Waals surface area contributed by atoms with Gasteiger partial charge in [0.25, 0.3) is 5.91 Å². The van der Waals surface area contributed by atoms with Crippen LogP contribution in [0.5, 0.6) is 0 Å². The van der Waals surface area contributed by atoms with Gasteiger partial charge >= 0.3 is 5.97 Å². The van der Waals surface area contributed by atoms with E-state index in [0.29, 0.717) is 13.0 Å². The van der Waals surface area contributed by atoms with E-state index in [9.17, 15) is 9.59 Å². The summed E-state index contributed by atoms with van der Waals surface area (Å²) in [5, 5.41) is 4.44. The van der Waals surface area contributed by atoms with E-state index in [1.54, 1.807) is 16.5 Å². The fourth-order valence-corrected chi connectivity index (χ4v) is 3.30. The second-order valence-electron chi connectivity index (χ2n) is 7.21. The van der Waals surface area contributed by atoms with Gasteiger partial charge < -0.3 is 9.64 Å². The van der Waals surface area contributed by atoms with Gasteiger partial charge in [0, 0.05) is 37.5 Å². The number of ether oxygens (including phenoxy) is 1. The molecule has 2 aromatic heterocycles. The highest BCUT2D eigenvalue weighted by Crippen LogP contribution is 2.17. The van der Waals surface area contributed by atoms with Gasteiger partial charge in [-0.3, -0.25) is 9.59 Å². The quantitative estimate of drug-likeness (QED) is 0.576. The van der Waals surface area contributed by atoms with Crippen LogP contribution in [-0.4, -0.2) is 45.0 Å². The van der Waals surface area contributed by atoms with Gasteiger partial charge in [-0.2, -0.15) is 5.10 Å². The molecule has 29 heavy (non-hydrogen) atoms. The lowest BCUT2D eigenvalue weighted by Crippen LogP contribution is -2.30. The molecule has 0 saturated carbocycles. The second kappa shape index (κ2) is 8.86. The molecule has 0 aliphatic heterocycles. The van der Waals surface area contributed by atoms with Crippen LogP contribution in [0.25, 0.3) is 5.65 Å². The van der Waals surface area contributed by atoms with Crippen LogP contribution in [0.15, 0.2) is 36.4 Å². The first-order chi connectivity index (χ1) is 13.8. The lowest BCUT2D eigenvalue weighted by atomic mass is 10.1. The summed E-state index contributed by atoms with van der Waals surface area (Å²) in [5.74, 6) is -0.633. The molecule has 3 rings (SSSR count). The summed E-state index contributed by atoms with van der Waals surface area (Å²) in [6.45, 7) is 6.04. The van der Waals surface area contributed by atoms with E-state index in [0.717, 1.165) is 33.9 Å². The first-order valence-electron chi connectivity index (χ1n) is 9.61. The Bertz CT molecular complexity index is 1030. The van der Waals surface area contributed by atoms with Crippen molar-refractivity contribution >= 4 is 17.5 Å². The molecular weight excluding hydrogens is 368 g/mol. The van der Waals surface area contributed by atoms with E-state index in [-0.39, 0.29) is 18.9 Å². The number of esters is 1. The number of benzene rings is 1. The maximum Gasteiger partial charge on any atom is 0.306 e. The van der Waals surface area contributed by atoms with Gasteiger partial charge in [-0.1, -0.05) is 30.3 Å². The van der Waals surface area contributed by atoms with Crippen LogP contribution in [0.1, 0.15) is 34.6 Å². The first-order valence-corrected chi connectivity index (χ1v) is 9.61. The van der Waals surface area contributed by atoms with E-state index >= 15 is 0 Å². The highest BCUT2D eigenvalue weighted by atomic mass is 16.5. The molecule has 0 radical (unpaired) electrons. The molecule has 0 fully saturated rings. The van der Waals surface area contributed by atoms with Gasteiger partial charge in [-0.05, 0) is 38.3 Å². The third kappa shape index (κ3) is 4.99. The highest BCUT2D eigenvalue weighted by molar-refractivity contribution is 5.80. The SMILES string of the molecule is Cc1cc2nc(C)c(CCC(=O)OCC(=O)N(C)Cc3ccccc3)c(C)n2n1.